The summed E-state index contributed by atoms with van der Waals surface area (Å²) in [6, 6.07) is 28.6. The van der Waals surface area contributed by atoms with Crippen LogP contribution in [0.15, 0.2) is 97.1 Å². The van der Waals surface area contributed by atoms with E-state index in [-0.39, 0.29) is 24.9 Å². The Morgan fingerprint density at radius 2 is 1.47 bits per heavy atom. The molecule has 1 N–H and O–H groups in total. The first-order valence-electron chi connectivity index (χ1n) is 13.8. The Kier molecular flexibility index (Phi) is 8.85. The predicted molar refractivity (Wildman–Crippen MR) is 166 cm³/mol. The normalized spacial score (nSPS) is 11.5. The van der Waals surface area contributed by atoms with Crippen LogP contribution in [0, 0.1) is 0 Å². The monoisotopic (exact) mass is 578 g/mol. The van der Waals surface area contributed by atoms with Gasteiger partial charge in [-0.15, -0.1) is 5.10 Å². The Hall–Kier alpha value is -5.38. The molecule has 43 heavy (non-hydrogen) atoms. The SMILES string of the molecule is COc1ccc(CN(C(=O)Cn2nnc3ccccc32)[C@@H](C(=O)Nc2ccc(N(C)C)cc2)c2ccc(OC)cc2)cc1. The molecule has 0 spiro atoms. The van der Waals surface area contributed by atoms with Gasteiger partial charge < -0.3 is 24.6 Å². The Balaban J connectivity index is 1.54. The Labute approximate surface area is 250 Å². The molecule has 1 heterocycles. The maximum Gasteiger partial charge on any atom is 0.251 e. The Bertz CT molecular complexity index is 1680. The first kappa shape index (κ1) is 29.1. The summed E-state index contributed by atoms with van der Waals surface area (Å²) < 4.78 is 12.2. The van der Waals surface area contributed by atoms with E-state index in [1.165, 1.54) is 0 Å². The average molecular weight is 579 g/mol. The number of rotatable bonds is 11. The first-order valence-corrected chi connectivity index (χ1v) is 13.8. The topological polar surface area (TPSA) is 102 Å². The number of ether oxygens (including phenoxy) is 2. The summed E-state index contributed by atoms with van der Waals surface area (Å²) in [5.41, 5.74) is 4.50. The van der Waals surface area contributed by atoms with Crippen molar-refractivity contribution in [3.05, 3.63) is 108 Å². The maximum atomic E-state index is 14.2. The summed E-state index contributed by atoms with van der Waals surface area (Å²) in [5, 5.41) is 11.4. The minimum absolute atomic E-state index is 0.103. The number of amides is 2. The minimum atomic E-state index is -0.969. The number of hydrogen-bond acceptors (Lipinski definition) is 7. The number of aromatic nitrogens is 3. The smallest absolute Gasteiger partial charge is 0.251 e. The molecule has 5 aromatic rings. The number of carbonyl (C=O) groups is 2. The van der Waals surface area contributed by atoms with Crippen molar-refractivity contribution < 1.29 is 19.1 Å². The van der Waals surface area contributed by atoms with E-state index in [1.54, 1.807) is 48.1 Å². The molecule has 0 aliphatic carbocycles. The highest BCUT2D eigenvalue weighted by atomic mass is 16.5. The van der Waals surface area contributed by atoms with E-state index < -0.39 is 6.04 Å². The molecule has 0 radical (unpaired) electrons. The van der Waals surface area contributed by atoms with E-state index in [9.17, 15) is 9.59 Å². The predicted octanol–water partition coefficient (Wildman–Crippen LogP) is 4.92. The van der Waals surface area contributed by atoms with Crippen molar-refractivity contribution in [3.8, 4) is 11.5 Å². The van der Waals surface area contributed by atoms with E-state index in [0.717, 1.165) is 16.8 Å². The van der Waals surface area contributed by atoms with E-state index in [0.29, 0.717) is 28.3 Å². The highest BCUT2D eigenvalue weighted by molar-refractivity contribution is 5.98. The van der Waals surface area contributed by atoms with Crippen molar-refractivity contribution in [2.75, 3.05) is 38.5 Å². The minimum Gasteiger partial charge on any atom is -0.497 e. The molecule has 0 unspecified atom stereocenters. The van der Waals surface area contributed by atoms with Gasteiger partial charge in [0.25, 0.3) is 5.91 Å². The number of hydrogen-bond donors (Lipinski definition) is 1. The van der Waals surface area contributed by atoms with Gasteiger partial charge in [0.05, 0.1) is 19.7 Å². The van der Waals surface area contributed by atoms with Gasteiger partial charge in [-0.25, -0.2) is 4.68 Å². The fourth-order valence-corrected chi connectivity index (χ4v) is 4.82. The van der Waals surface area contributed by atoms with Crippen molar-refractivity contribution in [3.63, 3.8) is 0 Å². The van der Waals surface area contributed by atoms with Crippen LogP contribution in [0.25, 0.3) is 11.0 Å². The summed E-state index contributed by atoms with van der Waals surface area (Å²) in [4.78, 5) is 31.9. The lowest BCUT2D eigenvalue weighted by atomic mass is 10.0. The molecule has 0 fully saturated rings. The highest BCUT2D eigenvalue weighted by Crippen LogP contribution is 2.29. The molecule has 4 aromatic carbocycles. The van der Waals surface area contributed by atoms with Gasteiger partial charge in [-0.3, -0.25) is 9.59 Å². The molecule has 0 saturated heterocycles. The summed E-state index contributed by atoms with van der Waals surface area (Å²) in [6.07, 6.45) is 0. The summed E-state index contributed by atoms with van der Waals surface area (Å²) in [6.45, 7) is 0.0628. The molecule has 1 atom stereocenters. The van der Waals surface area contributed by atoms with Crippen molar-refractivity contribution in [2.24, 2.45) is 0 Å². The lowest BCUT2D eigenvalue weighted by Crippen LogP contribution is -2.42. The number of nitrogens with zero attached hydrogens (tertiary/aromatic N) is 5. The third kappa shape index (κ3) is 6.75. The number of benzene rings is 4. The molecule has 220 valence electrons. The molecular weight excluding hydrogens is 544 g/mol. The molecule has 0 saturated carbocycles. The van der Waals surface area contributed by atoms with Crippen LogP contribution < -0.4 is 19.7 Å². The van der Waals surface area contributed by atoms with Crippen LogP contribution in [-0.2, 0) is 22.7 Å². The quantitative estimate of drug-likeness (QED) is 0.237. The van der Waals surface area contributed by atoms with Gasteiger partial charge in [0.15, 0.2) is 0 Å². The standard InChI is InChI=1S/C33H34N6O4/c1-37(2)26-15-13-25(14-16-26)34-33(41)32(24-11-19-28(43-4)20-12-24)38(21-23-9-17-27(42-3)18-10-23)31(40)22-39-30-8-6-5-7-29(30)35-36-39/h5-20,32H,21-22H2,1-4H3,(H,34,41)/t32-/m1/s1. The third-order valence-electron chi connectivity index (χ3n) is 7.18. The molecule has 10 heteroatoms. The lowest BCUT2D eigenvalue weighted by molar-refractivity contribution is -0.140. The molecule has 2 amide bonds. The van der Waals surface area contributed by atoms with Gasteiger partial charge in [0, 0.05) is 32.0 Å². The lowest BCUT2D eigenvalue weighted by Gasteiger charge is -2.32. The second-order valence-electron chi connectivity index (χ2n) is 10.2. The maximum absolute atomic E-state index is 14.2. The third-order valence-corrected chi connectivity index (χ3v) is 7.18. The number of anilines is 2. The van der Waals surface area contributed by atoms with Gasteiger partial charge in [0.1, 0.15) is 29.6 Å². The second kappa shape index (κ2) is 13.1. The molecule has 5 rings (SSSR count). The molecule has 0 aliphatic rings. The Morgan fingerprint density at radius 1 is 0.837 bits per heavy atom. The Morgan fingerprint density at radius 3 is 2.09 bits per heavy atom. The van der Waals surface area contributed by atoms with E-state index in [4.69, 9.17) is 9.47 Å². The summed E-state index contributed by atoms with van der Waals surface area (Å²) in [5.74, 6) is 0.684. The first-order chi connectivity index (χ1) is 20.9. The van der Waals surface area contributed by atoms with Gasteiger partial charge in [-0.05, 0) is 71.8 Å². The van der Waals surface area contributed by atoms with Crippen LogP contribution >= 0.6 is 0 Å². The van der Waals surface area contributed by atoms with Gasteiger partial charge >= 0.3 is 0 Å². The molecular formula is C33H34N6O4. The number of fused-ring (bicyclic) bond motifs is 1. The molecule has 0 bridgehead atoms. The van der Waals surface area contributed by atoms with Crippen LogP contribution in [-0.4, -0.2) is 60.0 Å². The van der Waals surface area contributed by atoms with Crippen molar-refractivity contribution >= 4 is 34.2 Å². The van der Waals surface area contributed by atoms with E-state index in [1.807, 2.05) is 91.8 Å². The van der Waals surface area contributed by atoms with Crippen LogP contribution in [0.4, 0.5) is 11.4 Å². The fourth-order valence-electron chi connectivity index (χ4n) is 4.82. The molecule has 1 aromatic heterocycles. The molecule has 0 aliphatic heterocycles. The highest BCUT2D eigenvalue weighted by Gasteiger charge is 2.32. The van der Waals surface area contributed by atoms with Crippen LogP contribution in [0.1, 0.15) is 17.2 Å². The largest absolute Gasteiger partial charge is 0.497 e. The van der Waals surface area contributed by atoms with Gasteiger partial charge in [-0.1, -0.05) is 41.6 Å². The fraction of sp³-hybridized carbons (Fsp3) is 0.212. The van der Waals surface area contributed by atoms with Crippen LogP contribution in [0.5, 0.6) is 11.5 Å². The second-order valence-corrected chi connectivity index (χ2v) is 10.2. The van der Waals surface area contributed by atoms with Crippen molar-refractivity contribution in [1.82, 2.24) is 19.9 Å². The van der Waals surface area contributed by atoms with E-state index in [2.05, 4.69) is 15.6 Å². The van der Waals surface area contributed by atoms with E-state index >= 15 is 0 Å². The van der Waals surface area contributed by atoms with Gasteiger partial charge in [-0.2, -0.15) is 0 Å². The van der Waals surface area contributed by atoms with Crippen molar-refractivity contribution in [2.45, 2.75) is 19.1 Å². The van der Waals surface area contributed by atoms with Crippen LogP contribution in [0.3, 0.4) is 0 Å². The zero-order valence-corrected chi connectivity index (χ0v) is 24.6. The number of para-hydroxylation sites is 1. The zero-order chi connectivity index (χ0) is 30.3. The van der Waals surface area contributed by atoms with Crippen LogP contribution in [0.2, 0.25) is 0 Å². The number of methoxy groups -OCH3 is 2. The summed E-state index contributed by atoms with van der Waals surface area (Å²) in [7, 11) is 7.09. The average Bonchev–Trinajstić information content (AvgIpc) is 3.44. The zero-order valence-electron chi connectivity index (χ0n) is 24.6. The number of carbonyl (C=O) groups excluding carboxylic acids is 2. The van der Waals surface area contributed by atoms with Gasteiger partial charge in [0.2, 0.25) is 5.91 Å². The number of nitrogens with one attached hydrogen (secondary N) is 1. The van der Waals surface area contributed by atoms with Crippen molar-refractivity contribution in [1.29, 1.82) is 0 Å². The summed E-state index contributed by atoms with van der Waals surface area (Å²) >= 11 is 0. The molecule has 10 nitrogen and oxygen atoms in total.